The van der Waals surface area contributed by atoms with E-state index < -0.39 is 18.0 Å². The first-order valence-corrected chi connectivity index (χ1v) is 11.1. The van der Waals surface area contributed by atoms with Crippen LogP contribution in [-0.2, 0) is 16.0 Å². The summed E-state index contributed by atoms with van der Waals surface area (Å²) < 4.78 is 48.0. The van der Waals surface area contributed by atoms with Crippen molar-refractivity contribution in [2.75, 3.05) is 38.2 Å². The van der Waals surface area contributed by atoms with Gasteiger partial charge in [-0.3, -0.25) is 24.5 Å². The number of anilines is 1. The van der Waals surface area contributed by atoms with Gasteiger partial charge in [0.25, 0.3) is 0 Å². The van der Waals surface area contributed by atoms with Crippen LogP contribution in [0.15, 0.2) is 61.1 Å². The third-order valence-electron chi connectivity index (χ3n) is 5.43. The topological polar surface area (TPSA) is 93.7 Å². The molecule has 0 radical (unpaired) electrons. The van der Waals surface area contributed by atoms with Gasteiger partial charge in [-0.25, -0.2) is 0 Å². The zero-order valence-corrected chi connectivity index (χ0v) is 19.1. The molecule has 3 heterocycles. The summed E-state index contributed by atoms with van der Waals surface area (Å²) in [5.74, 6) is -1.51. The lowest BCUT2D eigenvalue weighted by Crippen LogP contribution is -2.41. The molecule has 0 bridgehead atoms. The molecule has 0 aliphatic carbocycles. The number of aromatic nitrogens is 2. The molecular formula is C25H23F3N4O4. The second kappa shape index (κ2) is 11.3. The Hall–Kier alpha value is -3.83. The van der Waals surface area contributed by atoms with Crippen molar-refractivity contribution in [3.8, 4) is 16.9 Å². The van der Waals surface area contributed by atoms with Crippen LogP contribution in [-0.4, -0.2) is 65.8 Å². The summed E-state index contributed by atoms with van der Waals surface area (Å²) in [5.41, 5.74) is 2.07. The molecule has 0 spiro atoms. The van der Waals surface area contributed by atoms with Crippen molar-refractivity contribution in [1.29, 1.82) is 0 Å². The zero-order chi connectivity index (χ0) is 25.5. The van der Waals surface area contributed by atoms with Gasteiger partial charge in [-0.05, 0) is 30.3 Å². The van der Waals surface area contributed by atoms with Crippen molar-refractivity contribution >= 4 is 17.4 Å². The maximum absolute atomic E-state index is 12.9. The Kier molecular flexibility index (Phi) is 7.91. The average Bonchev–Trinajstić information content (AvgIpc) is 2.86. The Morgan fingerprint density at radius 2 is 1.83 bits per heavy atom. The number of morpholine rings is 1. The number of Topliss-reactive ketones (excluding diaryl/α,β-unsaturated/α-hetero) is 1. The fourth-order valence-corrected chi connectivity index (χ4v) is 3.67. The lowest BCUT2D eigenvalue weighted by molar-refractivity contribution is -0.274. The van der Waals surface area contributed by atoms with Crippen LogP contribution >= 0.6 is 0 Å². The largest absolute Gasteiger partial charge is 0.573 e. The number of nitrogens with zero attached hydrogens (tertiary/aromatic N) is 3. The number of hydrogen-bond donors (Lipinski definition) is 1. The molecule has 1 aliphatic heterocycles. The van der Waals surface area contributed by atoms with Crippen LogP contribution in [0, 0.1) is 0 Å². The van der Waals surface area contributed by atoms with Gasteiger partial charge in [0.05, 0.1) is 31.9 Å². The van der Waals surface area contributed by atoms with E-state index >= 15 is 0 Å². The van der Waals surface area contributed by atoms with Gasteiger partial charge in [-0.15, -0.1) is 13.2 Å². The van der Waals surface area contributed by atoms with Crippen molar-refractivity contribution in [2.45, 2.75) is 12.8 Å². The third kappa shape index (κ3) is 7.09. The SMILES string of the molecule is O=C(CN1CCOCC1)Nc1cc(C(=O)Cc2ccc(-c3cccnc3)cn2)ccc1OC(F)(F)F. The number of ketones is 1. The minimum absolute atomic E-state index is 0.0276. The van der Waals surface area contributed by atoms with Crippen LogP contribution < -0.4 is 10.1 Å². The summed E-state index contributed by atoms with van der Waals surface area (Å²) in [6.07, 6.45) is -0.0596. The van der Waals surface area contributed by atoms with E-state index in [0.717, 1.165) is 17.2 Å². The molecule has 0 atom stereocenters. The van der Waals surface area contributed by atoms with E-state index in [4.69, 9.17) is 4.74 Å². The number of benzene rings is 1. The number of pyridine rings is 2. The molecule has 4 rings (SSSR count). The number of alkyl halides is 3. The van der Waals surface area contributed by atoms with Crippen molar-refractivity contribution in [3.05, 3.63) is 72.3 Å². The highest BCUT2D eigenvalue weighted by Crippen LogP contribution is 2.31. The number of halogens is 3. The monoisotopic (exact) mass is 500 g/mol. The summed E-state index contributed by atoms with van der Waals surface area (Å²) in [6.45, 7) is 1.98. The second-order valence-corrected chi connectivity index (χ2v) is 8.08. The number of nitrogens with one attached hydrogen (secondary N) is 1. The van der Waals surface area contributed by atoms with E-state index in [1.165, 1.54) is 12.1 Å². The van der Waals surface area contributed by atoms with Crippen molar-refractivity contribution in [1.82, 2.24) is 14.9 Å². The van der Waals surface area contributed by atoms with E-state index in [2.05, 4.69) is 20.0 Å². The Morgan fingerprint density at radius 3 is 2.50 bits per heavy atom. The summed E-state index contributed by atoms with van der Waals surface area (Å²) >= 11 is 0. The van der Waals surface area contributed by atoms with Crippen LogP contribution in [0.1, 0.15) is 16.1 Å². The molecule has 11 heteroatoms. The normalized spacial score (nSPS) is 14.3. The first-order chi connectivity index (χ1) is 17.3. The van der Waals surface area contributed by atoms with Gasteiger partial charge in [0.2, 0.25) is 5.91 Å². The molecular weight excluding hydrogens is 477 g/mol. The van der Waals surface area contributed by atoms with Crippen LogP contribution in [0.5, 0.6) is 5.75 Å². The van der Waals surface area contributed by atoms with Gasteiger partial charge >= 0.3 is 6.36 Å². The molecule has 36 heavy (non-hydrogen) atoms. The number of ether oxygens (including phenoxy) is 2. The lowest BCUT2D eigenvalue weighted by atomic mass is 10.0. The molecule has 0 unspecified atom stereocenters. The van der Waals surface area contributed by atoms with Crippen molar-refractivity contribution < 1.29 is 32.2 Å². The second-order valence-electron chi connectivity index (χ2n) is 8.08. The maximum Gasteiger partial charge on any atom is 0.573 e. The van der Waals surface area contributed by atoms with E-state index in [1.54, 1.807) is 30.7 Å². The molecule has 1 N–H and O–H groups in total. The fraction of sp³-hybridized carbons (Fsp3) is 0.280. The van der Waals surface area contributed by atoms with Crippen LogP contribution in [0.25, 0.3) is 11.1 Å². The highest BCUT2D eigenvalue weighted by molar-refractivity contribution is 6.00. The molecule has 1 amide bonds. The summed E-state index contributed by atoms with van der Waals surface area (Å²) in [7, 11) is 0. The molecule has 3 aromatic rings. The molecule has 1 saturated heterocycles. The number of hydrogen-bond acceptors (Lipinski definition) is 7. The van der Waals surface area contributed by atoms with Crippen LogP contribution in [0.4, 0.5) is 18.9 Å². The Labute approximate surface area is 205 Å². The third-order valence-corrected chi connectivity index (χ3v) is 5.43. The van der Waals surface area contributed by atoms with Crippen molar-refractivity contribution in [2.24, 2.45) is 0 Å². The summed E-state index contributed by atoms with van der Waals surface area (Å²) in [6, 6.07) is 10.6. The summed E-state index contributed by atoms with van der Waals surface area (Å²) in [4.78, 5) is 35.6. The Morgan fingerprint density at radius 1 is 1.06 bits per heavy atom. The number of rotatable bonds is 8. The quantitative estimate of drug-likeness (QED) is 0.471. The fourth-order valence-electron chi connectivity index (χ4n) is 3.67. The van der Waals surface area contributed by atoms with Crippen LogP contribution in [0.2, 0.25) is 0 Å². The lowest BCUT2D eigenvalue weighted by Gasteiger charge is -2.26. The number of amides is 1. The molecule has 2 aromatic heterocycles. The molecule has 1 fully saturated rings. The Balaban J connectivity index is 1.48. The first kappa shape index (κ1) is 25.3. The van der Waals surface area contributed by atoms with E-state index in [9.17, 15) is 22.8 Å². The van der Waals surface area contributed by atoms with Gasteiger partial charge in [-0.2, -0.15) is 0 Å². The van der Waals surface area contributed by atoms with E-state index in [1.807, 2.05) is 17.0 Å². The van der Waals surface area contributed by atoms with Gasteiger partial charge in [-0.1, -0.05) is 12.1 Å². The van der Waals surface area contributed by atoms with Gasteiger partial charge in [0.15, 0.2) is 11.5 Å². The highest BCUT2D eigenvalue weighted by Gasteiger charge is 2.32. The van der Waals surface area contributed by atoms with Crippen molar-refractivity contribution in [3.63, 3.8) is 0 Å². The maximum atomic E-state index is 12.9. The molecule has 1 aromatic carbocycles. The number of carbonyl (C=O) groups is 2. The van der Waals surface area contributed by atoms with Crippen LogP contribution in [0.3, 0.4) is 0 Å². The Bertz CT molecular complexity index is 1200. The number of carbonyl (C=O) groups excluding carboxylic acids is 2. The highest BCUT2D eigenvalue weighted by atomic mass is 19.4. The molecule has 188 valence electrons. The smallest absolute Gasteiger partial charge is 0.404 e. The predicted octanol–water partition coefficient (Wildman–Crippen LogP) is 3.74. The predicted molar refractivity (Wildman–Crippen MR) is 125 cm³/mol. The first-order valence-electron chi connectivity index (χ1n) is 11.1. The standard InChI is InChI=1S/C25H23F3N4O4/c26-25(27,28)36-23-6-4-17(12-21(23)31-24(34)16-32-8-10-35-11-9-32)22(33)13-20-5-3-19(15-30-20)18-2-1-7-29-14-18/h1-7,12,14-15H,8-11,13,16H2,(H,31,34). The molecule has 8 nitrogen and oxygen atoms in total. The van der Waals surface area contributed by atoms with Gasteiger partial charge in [0.1, 0.15) is 0 Å². The molecule has 0 saturated carbocycles. The minimum atomic E-state index is -4.96. The van der Waals surface area contributed by atoms with E-state index in [0.29, 0.717) is 32.0 Å². The average molecular weight is 500 g/mol. The van der Waals surface area contributed by atoms with Gasteiger partial charge < -0.3 is 14.8 Å². The zero-order valence-electron chi connectivity index (χ0n) is 19.1. The van der Waals surface area contributed by atoms with E-state index in [-0.39, 0.29) is 30.0 Å². The van der Waals surface area contributed by atoms with Gasteiger partial charge in [0, 0.05) is 54.1 Å². The molecule has 1 aliphatic rings. The summed E-state index contributed by atoms with van der Waals surface area (Å²) in [5, 5.41) is 2.45. The minimum Gasteiger partial charge on any atom is -0.404 e.